The molecule has 1 aliphatic rings. The predicted octanol–water partition coefficient (Wildman–Crippen LogP) is -1.54. The van der Waals surface area contributed by atoms with Crippen molar-refractivity contribution in [1.29, 1.82) is 0 Å². The molecule has 23 heavy (non-hydrogen) atoms. The van der Waals surface area contributed by atoms with E-state index in [9.17, 15) is 14.5 Å². The van der Waals surface area contributed by atoms with Crippen LogP contribution in [-0.2, 0) is 13.8 Å². The van der Waals surface area contributed by atoms with Gasteiger partial charge in [-0.3, -0.25) is 18.9 Å². The van der Waals surface area contributed by atoms with Gasteiger partial charge < -0.3 is 25.4 Å². The summed E-state index contributed by atoms with van der Waals surface area (Å²) in [5, 5.41) is 9.93. The lowest BCUT2D eigenvalue weighted by Crippen LogP contribution is -2.25. The quantitative estimate of drug-likeness (QED) is 0.406. The van der Waals surface area contributed by atoms with E-state index in [1.54, 1.807) is 0 Å². The minimum absolute atomic E-state index is 0.0622. The highest BCUT2D eigenvalue weighted by Gasteiger charge is 2.37. The van der Waals surface area contributed by atoms with Crippen molar-refractivity contribution in [2.75, 3.05) is 12.3 Å². The summed E-state index contributed by atoms with van der Waals surface area (Å²) in [4.78, 5) is 39.3. The molecule has 6 N–H and O–H groups in total. The molecule has 1 fully saturated rings. The Morgan fingerprint density at radius 3 is 3.00 bits per heavy atom. The summed E-state index contributed by atoms with van der Waals surface area (Å²) in [5.41, 5.74) is 5.23. The number of phosphoric acid groups is 1. The molecule has 126 valence electrons. The molecule has 2 unspecified atom stereocenters. The molecule has 0 spiro atoms. The standard InChI is InChI=1S/C10H14N5O7P/c11-10-13-8-7(9(17)14-10)12-3-15(8)6-1-4(16)5(22-6)2-21-23(18,19)20/h3-6,16H,1-2H2,(H2,18,19,20)(H3,11,13,14,17)/t4?,5?,6-/m1/s1. The van der Waals surface area contributed by atoms with Gasteiger partial charge >= 0.3 is 7.82 Å². The van der Waals surface area contributed by atoms with Crippen LogP contribution >= 0.6 is 7.82 Å². The number of hydrogen-bond donors (Lipinski definition) is 5. The van der Waals surface area contributed by atoms with Crippen LogP contribution in [0.3, 0.4) is 0 Å². The van der Waals surface area contributed by atoms with Crippen molar-refractivity contribution < 1.29 is 28.7 Å². The second-order valence-corrected chi connectivity index (χ2v) is 6.23. The van der Waals surface area contributed by atoms with E-state index in [0.717, 1.165) is 0 Å². The topological polar surface area (TPSA) is 186 Å². The number of nitrogens with zero attached hydrogens (tertiary/aromatic N) is 3. The number of aliphatic hydroxyl groups excluding tert-OH is 1. The highest BCUT2D eigenvalue weighted by atomic mass is 31.2. The molecule has 3 heterocycles. The number of phosphoric ester groups is 1. The number of anilines is 1. The number of nitrogens with two attached hydrogens (primary N) is 1. The monoisotopic (exact) mass is 347 g/mol. The number of rotatable bonds is 4. The maximum atomic E-state index is 11.7. The van der Waals surface area contributed by atoms with Crippen LogP contribution in [0.2, 0.25) is 0 Å². The second-order valence-electron chi connectivity index (χ2n) is 4.99. The normalized spacial score (nSPS) is 25.3. The summed E-state index contributed by atoms with van der Waals surface area (Å²) in [6.07, 6.45) is -1.26. The van der Waals surface area contributed by atoms with Crippen LogP contribution in [0.4, 0.5) is 5.95 Å². The van der Waals surface area contributed by atoms with Gasteiger partial charge in [-0.1, -0.05) is 0 Å². The lowest BCUT2D eigenvalue weighted by atomic mass is 10.2. The zero-order valence-corrected chi connectivity index (χ0v) is 12.5. The Labute approximate surface area is 128 Å². The van der Waals surface area contributed by atoms with E-state index in [2.05, 4.69) is 19.5 Å². The van der Waals surface area contributed by atoms with Gasteiger partial charge in [0, 0.05) is 6.42 Å². The molecule has 2 aromatic heterocycles. The van der Waals surface area contributed by atoms with Gasteiger partial charge in [-0.2, -0.15) is 4.98 Å². The van der Waals surface area contributed by atoms with Crippen molar-refractivity contribution >= 4 is 24.9 Å². The zero-order valence-electron chi connectivity index (χ0n) is 11.6. The van der Waals surface area contributed by atoms with Crippen LogP contribution in [0.1, 0.15) is 12.6 Å². The van der Waals surface area contributed by atoms with Crippen LogP contribution in [-0.4, -0.2) is 53.2 Å². The molecule has 0 aliphatic carbocycles. The summed E-state index contributed by atoms with van der Waals surface area (Å²) >= 11 is 0. The number of nitrogen functional groups attached to an aromatic ring is 1. The number of aromatic amines is 1. The fourth-order valence-corrected chi connectivity index (χ4v) is 2.70. The molecule has 0 amide bonds. The largest absolute Gasteiger partial charge is 0.469 e. The van der Waals surface area contributed by atoms with Crippen LogP contribution < -0.4 is 11.3 Å². The third-order valence-corrected chi connectivity index (χ3v) is 3.86. The summed E-state index contributed by atoms with van der Waals surface area (Å²) < 4.78 is 22.0. The molecule has 0 radical (unpaired) electrons. The molecule has 0 bridgehead atoms. The smallest absolute Gasteiger partial charge is 0.390 e. The molecule has 3 rings (SSSR count). The number of hydrogen-bond acceptors (Lipinski definition) is 8. The van der Waals surface area contributed by atoms with Gasteiger partial charge in [-0.05, 0) is 0 Å². The summed E-state index contributed by atoms with van der Waals surface area (Å²) in [7, 11) is -4.66. The molecule has 12 nitrogen and oxygen atoms in total. The van der Waals surface area contributed by atoms with E-state index in [4.69, 9.17) is 20.3 Å². The Bertz CT molecular complexity index is 829. The molecule has 1 saturated heterocycles. The number of fused-ring (bicyclic) bond motifs is 1. The van der Waals surface area contributed by atoms with Crippen LogP contribution in [0.15, 0.2) is 11.1 Å². The number of nitrogens with one attached hydrogen (secondary N) is 1. The van der Waals surface area contributed by atoms with Crippen molar-refractivity contribution in [2.45, 2.75) is 24.9 Å². The average molecular weight is 347 g/mol. The fourth-order valence-electron chi connectivity index (χ4n) is 2.36. The van der Waals surface area contributed by atoms with Gasteiger partial charge in [-0.25, -0.2) is 9.55 Å². The average Bonchev–Trinajstić information content (AvgIpc) is 2.99. The van der Waals surface area contributed by atoms with Crippen LogP contribution in [0.25, 0.3) is 11.2 Å². The summed E-state index contributed by atoms with van der Waals surface area (Å²) in [6, 6.07) is 0. The third-order valence-electron chi connectivity index (χ3n) is 3.37. The van der Waals surface area contributed by atoms with E-state index >= 15 is 0 Å². The van der Waals surface area contributed by atoms with Gasteiger partial charge in [-0.15, -0.1) is 0 Å². The van der Waals surface area contributed by atoms with E-state index in [1.165, 1.54) is 10.9 Å². The molecule has 1 aliphatic heterocycles. The Morgan fingerprint density at radius 1 is 1.57 bits per heavy atom. The Hall–Kier alpha value is -1.82. The number of imidazole rings is 1. The van der Waals surface area contributed by atoms with Gasteiger partial charge in [0.05, 0.1) is 19.0 Å². The summed E-state index contributed by atoms with van der Waals surface area (Å²) in [6.45, 7) is -0.481. The Kier molecular flexibility index (Phi) is 3.96. The Balaban J connectivity index is 1.84. The first-order chi connectivity index (χ1) is 10.7. The van der Waals surface area contributed by atoms with Gasteiger partial charge in [0.15, 0.2) is 11.2 Å². The molecule has 0 aromatic carbocycles. The lowest BCUT2D eigenvalue weighted by molar-refractivity contribution is -0.0424. The number of aromatic nitrogens is 4. The first-order valence-electron chi connectivity index (χ1n) is 6.50. The second kappa shape index (κ2) is 5.67. The van der Waals surface area contributed by atoms with E-state index in [-0.39, 0.29) is 23.5 Å². The maximum absolute atomic E-state index is 11.7. The van der Waals surface area contributed by atoms with Crippen molar-refractivity contribution in [2.24, 2.45) is 0 Å². The van der Waals surface area contributed by atoms with E-state index < -0.39 is 38.4 Å². The summed E-state index contributed by atoms with van der Waals surface area (Å²) in [5.74, 6) is -0.0934. The molecule has 3 atom stereocenters. The lowest BCUT2D eigenvalue weighted by Gasteiger charge is -2.16. The third kappa shape index (κ3) is 3.27. The minimum Gasteiger partial charge on any atom is -0.390 e. The molecule has 2 aromatic rings. The highest BCUT2D eigenvalue weighted by molar-refractivity contribution is 7.46. The van der Waals surface area contributed by atoms with Gasteiger partial charge in [0.2, 0.25) is 5.95 Å². The number of ether oxygens (including phenoxy) is 1. The van der Waals surface area contributed by atoms with Gasteiger partial charge in [0.1, 0.15) is 12.3 Å². The molecular formula is C10H14N5O7P. The SMILES string of the molecule is Nc1nc2c(ncn2[C@H]2CC(O)C(COP(=O)(O)O)O2)c(=O)[nH]1. The fraction of sp³-hybridized carbons (Fsp3) is 0.500. The zero-order chi connectivity index (χ0) is 16.8. The first kappa shape index (κ1) is 16.1. The predicted molar refractivity (Wildman–Crippen MR) is 75.1 cm³/mol. The maximum Gasteiger partial charge on any atom is 0.469 e. The van der Waals surface area contributed by atoms with Crippen molar-refractivity contribution in [3.63, 3.8) is 0 Å². The van der Waals surface area contributed by atoms with Crippen LogP contribution in [0, 0.1) is 0 Å². The van der Waals surface area contributed by atoms with Crippen LogP contribution in [0.5, 0.6) is 0 Å². The number of H-pyrrole nitrogens is 1. The van der Waals surface area contributed by atoms with E-state index in [0.29, 0.717) is 0 Å². The van der Waals surface area contributed by atoms with Gasteiger partial charge in [0.25, 0.3) is 5.56 Å². The van der Waals surface area contributed by atoms with Crippen molar-refractivity contribution in [3.05, 3.63) is 16.7 Å². The Morgan fingerprint density at radius 2 is 2.30 bits per heavy atom. The van der Waals surface area contributed by atoms with Crippen molar-refractivity contribution in [3.8, 4) is 0 Å². The highest BCUT2D eigenvalue weighted by Crippen LogP contribution is 2.38. The van der Waals surface area contributed by atoms with E-state index in [1.807, 2.05) is 0 Å². The molecular weight excluding hydrogens is 333 g/mol. The first-order valence-corrected chi connectivity index (χ1v) is 8.03. The molecule has 0 saturated carbocycles. The molecule has 13 heteroatoms. The minimum atomic E-state index is -4.66. The van der Waals surface area contributed by atoms with Crippen molar-refractivity contribution in [1.82, 2.24) is 19.5 Å². The number of aliphatic hydroxyl groups is 1.